The molecule has 0 saturated carbocycles. The number of hydrogen-bond acceptors (Lipinski definition) is 7. The van der Waals surface area contributed by atoms with E-state index in [1.54, 1.807) is 19.3 Å². The van der Waals surface area contributed by atoms with Crippen molar-refractivity contribution in [2.24, 2.45) is 10.9 Å². The van der Waals surface area contributed by atoms with Gasteiger partial charge in [0.1, 0.15) is 5.82 Å². The number of hydrogen-bond donors (Lipinski definition) is 2. The highest BCUT2D eigenvalue weighted by molar-refractivity contribution is 5.78. The quantitative estimate of drug-likeness (QED) is 0.213. The minimum Gasteiger partial charge on any atom is -0.466 e. The summed E-state index contributed by atoms with van der Waals surface area (Å²) in [5.74, 6) is 5.40. The van der Waals surface area contributed by atoms with E-state index in [4.69, 9.17) is 10.6 Å². The van der Waals surface area contributed by atoms with Crippen LogP contribution in [0.15, 0.2) is 17.5 Å². The SMILES string of the molecule is CCOC(=O)CCNC(=O)CCCCc1ncc(C=NN)cn1. The molecule has 1 aromatic rings. The fraction of sp³-hybridized carbons (Fsp3) is 0.533. The van der Waals surface area contributed by atoms with Crippen molar-refractivity contribution in [3.05, 3.63) is 23.8 Å². The molecule has 0 saturated heterocycles. The van der Waals surface area contributed by atoms with E-state index in [-0.39, 0.29) is 18.3 Å². The van der Waals surface area contributed by atoms with Gasteiger partial charge in [-0.1, -0.05) is 0 Å². The average molecular weight is 321 g/mol. The topological polar surface area (TPSA) is 120 Å². The van der Waals surface area contributed by atoms with E-state index in [0.717, 1.165) is 24.2 Å². The first-order valence-electron chi connectivity index (χ1n) is 7.62. The Kier molecular flexibility index (Phi) is 8.95. The van der Waals surface area contributed by atoms with Gasteiger partial charge in [-0.15, -0.1) is 0 Å². The number of unbranched alkanes of at least 4 members (excludes halogenated alkanes) is 1. The Morgan fingerprint density at radius 3 is 2.70 bits per heavy atom. The number of aromatic nitrogens is 2. The van der Waals surface area contributed by atoms with Crippen LogP contribution in [0.3, 0.4) is 0 Å². The Morgan fingerprint density at radius 1 is 1.30 bits per heavy atom. The maximum Gasteiger partial charge on any atom is 0.307 e. The van der Waals surface area contributed by atoms with Crippen molar-refractivity contribution in [3.63, 3.8) is 0 Å². The van der Waals surface area contributed by atoms with Gasteiger partial charge < -0.3 is 15.9 Å². The van der Waals surface area contributed by atoms with Crippen LogP contribution in [0.4, 0.5) is 0 Å². The molecule has 8 heteroatoms. The van der Waals surface area contributed by atoms with Crippen molar-refractivity contribution < 1.29 is 14.3 Å². The van der Waals surface area contributed by atoms with E-state index in [0.29, 0.717) is 26.0 Å². The second-order valence-electron chi connectivity index (χ2n) is 4.82. The van der Waals surface area contributed by atoms with Gasteiger partial charge in [0.15, 0.2) is 0 Å². The highest BCUT2D eigenvalue weighted by Gasteiger charge is 2.05. The number of ether oxygens (including phenoxy) is 1. The van der Waals surface area contributed by atoms with E-state index in [1.807, 2.05) is 0 Å². The predicted molar refractivity (Wildman–Crippen MR) is 85.6 cm³/mol. The molecule has 0 unspecified atom stereocenters. The highest BCUT2D eigenvalue weighted by Crippen LogP contribution is 2.02. The average Bonchev–Trinajstić information content (AvgIpc) is 2.53. The fourth-order valence-electron chi connectivity index (χ4n) is 1.84. The van der Waals surface area contributed by atoms with Gasteiger partial charge in [0, 0.05) is 37.3 Å². The third-order valence-corrected chi connectivity index (χ3v) is 2.96. The second-order valence-corrected chi connectivity index (χ2v) is 4.82. The molecule has 0 aliphatic carbocycles. The minimum atomic E-state index is -0.298. The Bertz CT molecular complexity index is 516. The van der Waals surface area contributed by atoms with Gasteiger partial charge in [-0.3, -0.25) is 9.59 Å². The van der Waals surface area contributed by atoms with Crippen LogP contribution in [0.5, 0.6) is 0 Å². The zero-order valence-electron chi connectivity index (χ0n) is 13.3. The summed E-state index contributed by atoms with van der Waals surface area (Å²) in [7, 11) is 0. The number of amides is 1. The number of nitrogens with zero attached hydrogens (tertiary/aromatic N) is 3. The maximum atomic E-state index is 11.6. The van der Waals surface area contributed by atoms with Crippen molar-refractivity contribution in [2.75, 3.05) is 13.2 Å². The number of esters is 1. The van der Waals surface area contributed by atoms with Crippen LogP contribution in [-0.2, 0) is 20.7 Å². The molecule has 8 nitrogen and oxygen atoms in total. The van der Waals surface area contributed by atoms with Crippen LogP contribution in [-0.4, -0.2) is 41.2 Å². The fourth-order valence-corrected chi connectivity index (χ4v) is 1.84. The number of carbonyl (C=O) groups excluding carboxylic acids is 2. The van der Waals surface area contributed by atoms with Crippen molar-refractivity contribution in [1.29, 1.82) is 0 Å². The molecule has 0 fully saturated rings. The summed E-state index contributed by atoms with van der Waals surface area (Å²) in [6.45, 7) is 2.42. The highest BCUT2D eigenvalue weighted by atomic mass is 16.5. The van der Waals surface area contributed by atoms with Crippen LogP contribution in [0.1, 0.15) is 44.0 Å². The molecule has 0 aliphatic rings. The van der Waals surface area contributed by atoms with E-state index >= 15 is 0 Å². The van der Waals surface area contributed by atoms with Crippen molar-refractivity contribution in [2.45, 2.75) is 39.0 Å². The molecule has 1 amide bonds. The van der Waals surface area contributed by atoms with E-state index in [2.05, 4.69) is 20.4 Å². The summed E-state index contributed by atoms with van der Waals surface area (Å²) >= 11 is 0. The molecule has 0 bridgehead atoms. The lowest BCUT2D eigenvalue weighted by Crippen LogP contribution is -2.26. The van der Waals surface area contributed by atoms with Crippen molar-refractivity contribution >= 4 is 18.1 Å². The monoisotopic (exact) mass is 321 g/mol. The van der Waals surface area contributed by atoms with E-state index in [1.165, 1.54) is 6.21 Å². The Balaban J connectivity index is 2.12. The van der Waals surface area contributed by atoms with Gasteiger partial charge >= 0.3 is 5.97 Å². The molecule has 0 aromatic carbocycles. The number of nitrogens with two attached hydrogens (primary N) is 1. The van der Waals surface area contributed by atoms with Crippen LogP contribution in [0.2, 0.25) is 0 Å². The molecule has 23 heavy (non-hydrogen) atoms. The van der Waals surface area contributed by atoms with E-state index < -0.39 is 0 Å². The van der Waals surface area contributed by atoms with Crippen LogP contribution >= 0.6 is 0 Å². The summed E-state index contributed by atoms with van der Waals surface area (Å²) in [5.41, 5.74) is 0.747. The van der Waals surface area contributed by atoms with Gasteiger partial charge in [0.05, 0.1) is 19.2 Å². The van der Waals surface area contributed by atoms with Crippen LogP contribution in [0.25, 0.3) is 0 Å². The van der Waals surface area contributed by atoms with Gasteiger partial charge in [-0.25, -0.2) is 9.97 Å². The lowest BCUT2D eigenvalue weighted by Gasteiger charge is -2.05. The summed E-state index contributed by atoms with van der Waals surface area (Å²) in [5, 5.41) is 6.09. The van der Waals surface area contributed by atoms with Gasteiger partial charge in [0.2, 0.25) is 5.91 Å². The zero-order chi connectivity index (χ0) is 16.9. The van der Waals surface area contributed by atoms with Gasteiger partial charge in [-0.2, -0.15) is 5.10 Å². The third kappa shape index (κ3) is 8.50. The molecule has 0 aliphatic heterocycles. The van der Waals surface area contributed by atoms with Crippen LogP contribution in [0, 0.1) is 0 Å². The number of hydrazone groups is 1. The molecule has 0 spiro atoms. The molecule has 1 heterocycles. The number of carbonyl (C=O) groups is 2. The first-order valence-corrected chi connectivity index (χ1v) is 7.62. The minimum absolute atomic E-state index is 0.0651. The lowest BCUT2D eigenvalue weighted by atomic mass is 10.2. The molecule has 126 valence electrons. The Hall–Kier alpha value is -2.51. The molecule has 0 atom stereocenters. The first kappa shape index (κ1) is 18.5. The Morgan fingerprint density at radius 2 is 2.04 bits per heavy atom. The molecule has 3 N–H and O–H groups in total. The van der Waals surface area contributed by atoms with Gasteiger partial charge in [0.25, 0.3) is 0 Å². The van der Waals surface area contributed by atoms with E-state index in [9.17, 15) is 9.59 Å². The number of aryl methyl sites for hydroxylation is 1. The third-order valence-electron chi connectivity index (χ3n) is 2.96. The molecule has 0 radical (unpaired) electrons. The molecule has 1 aromatic heterocycles. The lowest BCUT2D eigenvalue weighted by molar-refractivity contribution is -0.143. The molecule has 1 rings (SSSR count). The summed E-state index contributed by atoms with van der Waals surface area (Å²) in [6, 6.07) is 0. The second kappa shape index (κ2) is 11.1. The maximum absolute atomic E-state index is 11.6. The summed E-state index contributed by atoms with van der Waals surface area (Å²) in [6.07, 6.45) is 7.66. The number of rotatable bonds is 10. The standard InChI is InChI=1S/C15H23N5O3/c1-2-23-15(22)7-8-17-14(21)6-4-3-5-13-18-9-12(10-19-13)11-20-16/h9-11H,2-8,16H2,1H3,(H,17,21). The Labute approximate surface area is 135 Å². The summed E-state index contributed by atoms with van der Waals surface area (Å²) < 4.78 is 4.78. The van der Waals surface area contributed by atoms with Crippen LogP contribution < -0.4 is 11.2 Å². The smallest absolute Gasteiger partial charge is 0.307 e. The number of nitrogens with one attached hydrogen (secondary N) is 1. The summed E-state index contributed by atoms with van der Waals surface area (Å²) in [4.78, 5) is 31.1. The predicted octanol–water partition coefficient (Wildman–Crippen LogP) is 0.551. The van der Waals surface area contributed by atoms with Crippen molar-refractivity contribution in [1.82, 2.24) is 15.3 Å². The zero-order valence-corrected chi connectivity index (χ0v) is 13.3. The van der Waals surface area contributed by atoms with Gasteiger partial charge in [-0.05, 0) is 19.8 Å². The molecular weight excluding hydrogens is 298 g/mol. The molecular formula is C15H23N5O3. The normalized spacial score (nSPS) is 10.7. The van der Waals surface area contributed by atoms with Crippen molar-refractivity contribution in [3.8, 4) is 0 Å². The first-order chi connectivity index (χ1) is 11.2. The largest absolute Gasteiger partial charge is 0.466 e.